The molecule has 110 valence electrons. The van der Waals surface area contributed by atoms with E-state index in [1.165, 1.54) is 16.8 Å². The highest BCUT2D eigenvalue weighted by Crippen LogP contribution is 2.28. The van der Waals surface area contributed by atoms with Crippen LogP contribution in [0, 0.1) is 12.8 Å². The Morgan fingerprint density at radius 3 is 2.65 bits per heavy atom. The first-order valence-corrected chi connectivity index (χ1v) is 7.37. The maximum Gasteiger partial charge on any atom is 0.217 e. The van der Waals surface area contributed by atoms with E-state index in [0.717, 1.165) is 32.5 Å². The third-order valence-corrected chi connectivity index (χ3v) is 4.09. The fourth-order valence-electron chi connectivity index (χ4n) is 3.05. The molecule has 0 radical (unpaired) electrons. The van der Waals surface area contributed by atoms with E-state index < -0.39 is 0 Å². The van der Waals surface area contributed by atoms with Gasteiger partial charge in [0.15, 0.2) is 0 Å². The van der Waals surface area contributed by atoms with Gasteiger partial charge in [-0.05, 0) is 49.9 Å². The van der Waals surface area contributed by atoms with Gasteiger partial charge in [-0.3, -0.25) is 4.79 Å². The van der Waals surface area contributed by atoms with Crippen molar-refractivity contribution in [2.45, 2.75) is 32.7 Å². The second kappa shape index (κ2) is 6.75. The van der Waals surface area contributed by atoms with Crippen molar-refractivity contribution in [2.24, 2.45) is 11.7 Å². The van der Waals surface area contributed by atoms with E-state index in [9.17, 15) is 4.79 Å². The highest BCUT2D eigenvalue weighted by molar-refractivity contribution is 5.74. The minimum absolute atomic E-state index is 0.170. The van der Waals surface area contributed by atoms with E-state index in [0.29, 0.717) is 12.3 Å². The number of hydrogen-bond acceptors (Lipinski definition) is 3. The molecule has 1 aliphatic heterocycles. The molecule has 1 aromatic rings. The summed E-state index contributed by atoms with van der Waals surface area (Å²) in [6.07, 6.45) is 2.65. The zero-order valence-electron chi connectivity index (χ0n) is 12.5. The van der Waals surface area contributed by atoms with Gasteiger partial charge in [0.1, 0.15) is 0 Å². The Labute approximate surface area is 121 Å². The average Bonchev–Trinajstić information content (AvgIpc) is 2.40. The predicted octanol–water partition coefficient (Wildman–Crippen LogP) is 1.81. The van der Waals surface area contributed by atoms with Gasteiger partial charge in [-0.25, -0.2) is 0 Å². The molecule has 1 amide bonds. The number of nitrogens with one attached hydrogen (secondary N) is 1. The fraction of sp³-hybridized carbons (Fsp3) is 0.562. The van der Waals surface area contributed by atoms with Gasteiger partial charge in [0.25, 0.3) is 0 Å². The van der Waals surface area contributed by atoms with Crippen LogP contribution in [0.5, 0.6) is 0 Å². The summed E-state index contributed by atoms with van der Waals surface area (Å²) in [5, 5.41) is 3.18. The second-order valence-electron chi connectivity index (χ2n) is 5.75. The molecule has 1 fully saturated rings. The molecule has 0 saturated carbocycles. The SMILES string of the molecule is CNCc1ccc(N2CCC(CC(N)=O)CC2)c(C)c1. The van der Waals surface area contributed by atoms with E-state index in [4.69, 9.17) is 5.73 Å². The summed E-state index contributed by atoms with van der Waals surface area (Å²) in [6.45, 7) is 5.11. The summed E-state index contributed by atoms with van der Waals surface area (Å²) < 4.78 is 0. The van der Waals surface area contributed by atoms with Crippen molar-refractivity contribution in [2.75, 3.05) is 25.0 Å². The van der Waals surface area contributed by atoms with Crippen molar-refractivity contribution in [3.05, 3.63) is 29.3 Å². The van der Waals surface area contributed by atoms with E-state index in [2.05, 4.69) is 35.3 Å². The molecule has 0 spiro atoms. The number of benzene rings is 1. The van der Waals surface area contributed by atoms with Crippen LogP contribution in [0.3, 0.4) is 0 Å². The highest BCUT2D eigenvalue weighted by atomic mass is 16.1. The smallest absolute Gasteiger partial charge is 0.217 e. The maximum absolute atomic E-state index is 11.0. The van der Waals surface area contributed by atoms with Crippen LogP contribution in [0.25, 0.3) is 0 Å². The minimum atomic E-state index is -0.170. The zero-order chi connectivity index (χ0) is 14.5. The number of aryl methyl sites for hydroxylation is 1. The number of hydrogen-bond donors (Lipinski definition) is 2. The average molecular weight is 275 g/mol. The Balaban J connectivity index is 1.98. The van der Waals surface area contributed by atoms with Crippen molar-refractivity contribution < 1.29 is 4.79 Å². The second-order valence-corrected chi connectivity index (χ2v) is 5.75. The van der Waals surface area contributed by atoms with Crippen LogP contribution >= 0.6 is 0 Å². The van der Waals surface area contributed by atoms with Crippen LogP contribution in [-0.4, -0.2) is 26.0 Å². The first-order valence-electron chi connectivity index (χ1n) is 7.37. The van der Waals surface area contributed by atoms with Crippen molar-refractivity contribution in [3.8, 4) is 0 Å². The molecule has 1 saturated heterocycles. The molecule has 4 heteroatoms. The van der Waals surface area contributed by atoms with Crippen LogP contribution in [0.2, 0.25) is 0 Å². The first kappa shape index (κ1) is 14.9. The number of carbonyl (C=O) groups is 1. The van der Waals surface area contributed by atoms with E-state index in [1.54, 1.807) is 0 Å². The fourth-order valence-corrected chi connectivity index (χ4v) is 3.05. The van der Waals surface area contributed by atoms with Crippen molar-refractivity contribution in [1.29, 1.82) is 0 Å². The molecule has 20 heavy (non-hydrogen) atoms. The normalized spacial score (nSPS) is 16.4. The summed E-state index contributed by atoms with van der Waals surface area (Å²) in [5.41, 5.74) is 9.24. The first-order chi connectivity index (χ1) is 9.60. The van der Waals surface area contributed by atoms with Crippen molar-refractivity contribution in [3.63, 3.8) is 0 Å². The van der Waals surface area contributed by atoms with Crippen molar-refractivity contribution in [1.82, 2.24) is 5.32 Å². The lowest BCUT2D eigenvalue weighted by molar-refractivity contribution is -0.119. The molecule has 1 aliphatic rings. The number of primary amides is 1. The molecule has 1 aromatic carbocycles. The Morgan fingerprint density at radius 1 is 1.40 bits per heavy atom. The summed E-state index contributed by atoms with van der Waals surface area (Å²) in [4.78, 5) is 13.4. The molecule has 0 atom stereocenters. The highest BCUT2D eigenvalue weighted by Gasteiger charge is 2.21. The lowest BCUT2D eigenvalue weighted by atomic mass is 9.92. The largest absolute Gasteiger partial charge is 0.371 e. The monoisotopic (exact) mass is 275 g/mol. The topological polar surface area (TPSA) is 58.4 Å². The van der Waals surface area contributed by atoms with Crippen LogP contribution < -0.4 is 16.0 Å². The summed E-state index contributed by atoms with van der Waals surface area (Å²) >= 11 is 0. The molecule has 0 aliphatic carbocycles. The molecule has 0 bridgehead atoms. The third-order valence-electron chi connectivity index (χ3n) is 4.09. The molecular weight excluding hydrogens is 250 g/mol. The van der Waals surface area contributed by atoms with Crippen LogP contribution in [0.4, 0.5) is 5.69 Å². The number of nitrogens with two attached hydrogens (primary N) is 1. The predicted molar refractivity (Wildman–Crippen MR) is 82.7 cm³/mol. The molecule has 2 rings (SSSR count). The van der Waals surface area contributed by atoms with Crippen molar-refractivity contribution >= 4 is 11.6 Å². The van der Waals surface area contributed by atoms with Gasteiger partial charge in [0.05, 0.1) is 0 Å². The van der Waals surface area contributed by atoms with Gasteiger partial charge in [-0.1, -0.05) is 12.1 Å². The number of anilines is 1. The summed E-state index contributed by atoms with van der Waals surface area (Å²) in [5.74, 6) is 0.295. The van der Waals surface area contributed by atoms with E-state index >= 15 is 0 Å². The summed E-state index contributed by atoms with van der Waals surface area (Å²) in [7, 11) is 1.97. The molecular formula is C16H25N3O. The van der Waals surface area contributed by atoms with Gasteiger partial charge in [0.2, 0.25) is 5.91 Å². The van der Waals surface area contributed by atoms with E-state index in [-0.39, 0.29) is 5.91 Å². The van der Waals surface area contributed by atoms with Crippen LogP contribution in [0.15, 0.2) is 18.2 Å². The molecule has 0 aromatic heterocycles. The van der Waals surface area contributed by atoms with E-state index in [1.807, 2.05) is 7.05 Å². The van der Waals surface area contributed by atoms with Gasteiger partial charge < -0.3 is 16.0 Å². The third kappa shape index (κ3) is 3.73. The van der Waals surface area contributed by atoms with Gasteiger partial charge in [-0.15, -0.1) is 0 Å². The summed E-state index contributed by atoms with van der Waals surface area (Å²) in [6, 6.07) is 6.66. The van der Waals surface area contributed by atoms with Gasteiger partial charge >= 0.3 is 0 Å². The number of carbonyl (C=O) groups excluding carboxylic acids is 1. The Bertz CT molecular complexity index is 465. The van der Waals surface area contributed by atoms with Gasteiger partial charge in [0, 0.05) is 31.7 Å². The van der Waals surface area contributed by atoms with Gasteiger partial charge in [-0.2, -0.15) is 0 Å². The zero-order valence-corrected chi connectivity index (χ0v) is 12.5. The standard InChI is InChI=1S/C16H25N3O/c1-12-9-14(11-18-2)3-4-15(12)19-7-5-13(6-8-19)10-16(17)20/h3-4,9,13,18H,5-8,10-11H2,1-2H3,(H2,17,20). The number of rotatable bonds is 5. The molecule has 4 nitrogen and oxygen atoms in total. The quantitative estimate of drug-likeness (QED) is 0.861. The maximum atomic E-state index is 11.0. The number of nitrogens with zero attached hydrogens (tertiary/aromatic N) is 1. The van der Waals surface area contributed by atoms with Crippen LogP contribution in [-0.2, 0) is 11.3 Å². The molecule has 0 unspecified atom stereocenters. The Morgan fingerprint density at radius 2 is 2.10 bits per heavy atom. The Kier molecular flexibility index (Phi) is 5.01. The number of piperidine rings is 1. The lowest BCUT2D eigenvalue weighted by Gasteiger charge is -2.34. The van der Waals surface area contributed by atoms with Crippen LogP contribution in [0.1, 0.15) is 30.4 Å². The minimum Gasteiger partial charge on any atom is -0.371 e. The number of amides is 1. The molecule has 3 N–H and O–H groups in total. The Hall–Kier alpha value is -1.55. The molecule has 1 heterocycles. The lowest BCUT2D eigenvalue weighted by Crippen LogP contribution is -2.35.